The van der Waals surface area contributed by atoms with Crippen LogP contribution in [0.5, 0.6) is 5.75 Å². The van der Waals surface area contributed by atoms with E-state index in [9.17, 15) is 18.0 Å². The van der Waals surface area contributed by atoms with Crippen molar-refractivity contribution in [3.05, 3.63) is 23.3 Å². The maximum absolute atomic E-state index is 12.2. The van der Waals surface area contributed by atoms with Crippen molar-refractivity contribution >= 4 is 18.6 Å². The van der Waals surface area contributed by atoms with Crippen LogP contribution < -0.4 is 4.74 Å². The SMILES string of the molecule is CCOC(=O)c1ccc(C#N)c(OC(F)(F)F)c1S. The van der Waals surface area contributed by atoms with E-state index < -0.39 is 23.0 Å². The summed E-state index contributed by atoms with van der Waals surface area (Å²) in [4.78, 5) is 11.1. The van der Waals surface area contributed by atoms with E-state index in [0.29, 0.717) is 0 Å². The second-order valence-corrected chi connectivity index (χ2v) is 3.67. The quantitative estimate of drug-likeness (QED) is 0.687. The first kappa shape index (κ1) is 15.2. The molecule has 0 bridgehead atoms. The third kappa shape index (κ3) is 3.79. The fourth-order valence-electron chi connectivity index (χ4n) is 1.25. The first-order chi connectivity index (χ1) is 8.80. The number of ether oxygens (including phenoxy) is 2. The number of thiol groups is 1. The lowest BCUT2D eigenvalue weighted by atomic mass is 10.1. The molecule has 0 aliphatic rings. The fraction of sp³-hybridized carbons (Fsp3) is 0.273. The standard InChI is InChI=1S/C11H8F3NO3S/c1-2-17-10(16)7-4-3-6(5-15)8(9(7)19)18-11(12,13)14/h3-4,19H,2H2,1H3. The Bertz CT molecular complexity index is 537. The van der Waals surface area contributed by atoms with Gasteiger partial charge in [0.2, 0.25) is 0 Å². The minimum absolute atomic E-state index is 0.0571. The van der Waals surface area contributed by atoms with Gasteiger partial charge in [0.1, 0.15) is 6.07 Å². The molecule has 0 heterocycles. The van der Waals surface area contributed by atoms with Gasteiger partial charge in [-0.3, -0.25) is 0 Å². The van der Waals surface area contributed by atoms with Crippen LogP contribution in [-0.4, -0.2) is 18.9 Å². The lowest BCUT2D eigenvalue weighted by Crippen LogP contribution is -2.19. The molecule has 0 aliphatic carbocycles. The second kappa shape index (κ2) is 5.84. The number of alkyl halides is 3. The van der Waals surface area contributed by atoms with Gasteiger partial charge in [-0.25, -0.2) is 4.79 Å². The van der Waals surface area contributed by atoms with Gasteiger partial charge in [-0.2, -0.15) is 5.26 Å². The number of carbonyl (C=O) groups excluding carboxylic acids is 1. The Hall–Kier alpha value is -1.88. The van der Waals surface area contributed by atoms with E-state index in [0.717, 1.165) is 12.1 Å². The second-order valence-electron chi connectivity index (χ2n) is 3.22. The molecule has 0 aliphatic heterocycles. The van der Waals surface area contributed by atoms with Gasteiger partial charge in [-0.1, -0.05) is 0 Å². The van der Waals surface area contributed by atoms with Crippen LogP contribution in [0.25, 0.3) is 0 Å². The van der Waals surface area contributed by atoms with E-state index in [2.05, 4.69) is 22.1 Å². The smallest absolute Gasteiger partial charge is 0.462 e. The lowest BCUT2D eigenvalue weighted by molar-refractivity contribution is -0.275. The van der Waals surface area contributed by atoms with Crippen molar-refractivity contribution in [2.75, 3.05) is 6.61 Å². The Morgan fingerprint density at radius 1 is 1.47 bits per heavy atom. The average Bonchev–Trinajstić information content (AvgIpc) is 2.30. The van der Waals surface area contributed by atoms with Crippen molar-refractivity contribution in [3.8, 4) is 11.8 Å². The first-order valence-electron chi connectivity index (χ1n) is 4.99. The molecular weight excluding hydrogens is 283 g/mol. The van der Waals surface area contributed by atoms with E-state index >= 15 is 0 Å². The summed E-state index contributed by atoms with van der Waals surface area (Å²) in [5.74, 6) is -1.66. The number of hydrogen-bond donors (Lipinski definition) is 1. The van der Waals surface area contributed by atoms with Crippen molar-refractivity contribution < 1.29 is 27.4 Å². The normalized spacial score (nSPS) is 10.7. The van der Waals surface area contributed by atoms with Crippen molar-refractivity contribution in [1.82, 2.24) is 0 Å². The molecule has 102 valence electrons. The predicted octanol–water partition coefficient (Wildman–Crippen LogP) is 2.92. The molecule has 0 atom stereocenters. The summed E-state index contributed by atoms with van der Waals surface area (Å²) in [6.45, 7) is 1.61. The van der Waals surface area contributed by atoms with Gasteiger partial charge in [-0.05, 0) is 19.1 Å². The molecule has 0 radical (unpaired) electrons. The third-order valence-electron chi connectivity index (χ3n) is 1.97. The van der Waals surface area contributed by atoms with Crippen LogP contribution in [0.15, 0.2) is 17.0 Å². The molecule has 0 saturated heterocycles. The van der Waals surface area contributed by atoms with Crippen molar-refractivity contribution in [2.24, 2.45) is 0 Å². The van der Waals surface area contributed by atoms with Crippen LogP contribution in [0.3, 0.4) is 0 Å². The highest BCUT2D eigenvalue weighted by Crippen LogP contribution is 2.34. The summed E-state index contributed by atoms with van der Waals surface area (Å²) >= 11 is 3.80. The monoisotopic (exact) mass is 291 g/mol. The summed E-state index contributed by atoms with van der Waals surface area (Å²) in [7, 11) is 0. The van der Waals surface area contributed by atoms with Crippen molar-refractivity contribution in [2.45, 2.75) is 18.2 Å². The Labute approximate surface area is 112 Å². The number of rotatable bonds is 3. The zero-order chi connectivity index (χ0) is 14.6. The van der Waals surface area contributed by atoms with Crippen LogP contribution in [-0.2, 0) is 4.74 Å². The zero-order valence-corrected chi connectivity index (χ0v) is 10.5. The van der Waals surface area contributed by atoms with Crippen LogP contribution in [0.2, 0.25) is 0 Å². The first-order valence-corrected chi connectivity index (χ1v) is 5.43. The zero-order valence-electron chi connectivity index (χ0n) is 9.61. The molecule has 1 aromatic carbocycles. The van der Waals surface area contributed by atoms with Crippen LogP contribution in [0.1, 0.15) is 22.8 Å². The topological polar surface area (TPSA) is 59.3 Å². The van der Waals surface area contributed by atoms with E-state index in [1.807, 2.05) is 0 Å². The highest BCUT2D eigenvalue weighted by Gasteiger charge is 2.34. The predicted molar refractivity (Wildman–Crippen MR) is 61.0 cm³/mol. The number of hydrogen-bond acceptors (Lipinski definition) is 5. The summed E-state index contributed by atoms with van der Waals surface area (Å²) < 4.78 is 45.1. The highest BCUT2D eigenvalue weighted by atomic mass is 32.1. The molecule has 0 amide bonds. The van der Waals surface area contributed by atoms with Gasteiger partial charge >= 0.3 is 12.3 Å². The molecule has 1 rings (SSSR count). The highest BCUT2D eigenvalue weighted by molar-refractivity contribution is 7.80. The number of benzene rings is 1. The molecule has 0 N–H and O–H groups in total. The minimum Gasteiger partial charge on any atom is -0.462 e. The minimum atomic E-state index is -4.99. The maximum Gasteiger partial charge on any atom is 0.573 e. The number of halogens is 3. The number of nitrogens with zero attached hydrogens (tertiary/aromatic N) is 1. The average molecular weight is 291 g/mol. The lowest BCUT2D eigenvalue weighted by Gasteiger charge is -2.14. The molecule has 0 unspecified atom stereocenters. The Balaban J connectivity index is 3.31. The van der Waals surface area contributed by atoms with Crippen LogP contribution >= 0.6 is 12.6 Å². The van der Waals surface area contributed by atoms with E-state index in [1.54, 1.807) is 6.92 Å². The van der Waals surface area contributed by atoms with E-state index in [4.69, 9.17) is 5.26 Å². The Morgan fingerprint density at radius 3 is 2.58 bits per heavy atom. The number of nitriles is 1. The van der Waals surface area contributed by atoms with Gasteiger partial charge in [0.15, 0.2) is 5.75 Å². The molecular formula is C11H8F3NO3S. The molecule has 8 heteroatoms. The Kier molecular flexibility index (Phi) is 4.67. The van der Waals surface area contributed by atoms with Crippen molar-refractivity contribution in [3.63, 3.8) is 0 Å². The summed E-state index contributed by atoms with van der Waals surface area (Å²) in [6, 6.07) is 3.72. The van der Waals surface area contributed by atoms with Crippen molar-refractivity contribution in [1.29, 1.82) is 5.26 Å². The van der Waals surface area contributed by atoms with E-state index in [1.165, 1.54) is 6.07 Å². The van der Waals surface area contributed by atoms with Crippen LogP contribution in [0, 0.1) is 11.3 Å². The number of carbonyl (C=O) groups is 1. The molecule has 4 nitrogen and oxygen atoms in total. The fourth-order valence-corrected chi connectivity index (χ4v) is 1.58. The molecule has 0 saturated carbocycles. The Morgan fingerprint density at radius 2 is 2.11 bits per heavy atom. The third-order valence-corrected chi connectivity index (χ3v) is 2.41. The molecule has 0 fully saturated rings. The van der Waals surface area contributed by atoms with E-state index in [-0.39, 0.29) is 17.7 Å². The number of esters is 1. The van der Waals surface area contributed by atoms with Crippen LogP contribution in [0.4, 0.5) is 13.2 Å². The molecule has 0 spiro atoms. The molecule has 1 aromatic rings. The van der Waals surface area contributed by atoms with Gasteiger partial charge < -0.3 is 9.47 Å². The van der Waals surface area contributed by atoms with Gasteiger partial charge in [0, 0.05) is 0 Å². The molecule has 19 heavy (non-hydrogen) atoms. The largest absolute Gasteiger partial charge is 0.573 e. The van der Waals surface area contributed by atoms with Gasteiger partial charge in [0.05, 0.1) is 22.6 Å². The summed E-state index contributed by atoms with van der Waals surface area (Å²) in [5.41, 5.74) is -0.584. The molecule has 0 aromatic heterocycles. The summed E-state index contributed by atoms with van der Waals surface area (Å²) in [5, 5.41) is 8.73. The van der Waals surface area contributed by atoms with Gasteiger partial charge in [0.25, 0.3) is 0 Å². The maximum atomic E-state index is 12.2. The van der Waals surface area contributed by atoms with Gasteiger partial charge in [-0.15, -0.1) is 25.8 Å². The summed E-state index contributed by atoms with van der Waals surface area (Å²) in [6.07, 6.45) is -4.99.